The Balaban J connectivity index is 2.14. The van der Waals surface area contributed by atoms with Gasteiger partial charge >= 0.3 is 6.18 Å². The van der Waals surface area contributed by atoms with E-state index >= 15 is 0 Å². The van der Waals surface area contributed by atoms with Crippen molar-refractivity contribution in [1.82, 2.24) is 5.32 Å². The first kappa shape index (κ1) is 13.7. The van der Waals surface area contributed by atoms with Crippen LogP contribution in [0.2, 0.25) is 5.02 Å². The molecule has 1 heterocycles. The molecule has 1 fully saturated rings. The highest BCUT2D eigenvalue weighted by molar-refractivity contribution is 6.31. The van der Waals surface area contributed by atoms with Crippen LogP contribution in [0.1, 0.15) is 24.0 Å². The topological polar surface area (TPSA) is 12.0 Å². The molecule has 0 saturated carbocycles. The first-order valence-corrected chi connectivity index (χ1v) is 6.41. The molecule has 2 rings (SSSR count). The Labute approximate surface area is 109 Å². The summed E-state index contributed by atoms with van der Waals surface area (Å²) in [6.45, 7) is 1.88. The number of hydrogen-bond donors (Lipinski definition) is 1. The maximum absolute atomic E-state index is 12.7. The van der Waals surface area contributed by atoms with Crippen molar-refractivity contribution in [3.63, 3.8) is 0 Å². The van der Waals surface area contributed by atoms with Crippen molar-refractivity contribution in [1.29, 1.82) is 0 Å². The van der Waals surface area contributed by atoms with Crippen LogP contribution >= 0.6 is 11.6 Å². The molecule has 1 saturated heterocycles. The van der Waals surface area contributed by atoms with Crippen LogP contribution in [0.15, 0.2) is 18.2 Å². The number of halogens is 4. The van der Waals surface area contributed by atoms with Crippen LogP contribution in [0.3, 0.4) is 0 Å². The third kappa shape index (κ3) is 3.39. The lowest BCUT2D eigenvalue weighted by Crippen LogP contribution is -2.30. The predicted octanol–water partition coefficient (Wildman–Crippen LogP) is 3.90. The van der Waals surface area contributed by atoms with Crippen LogP contribution in [-0.4, -0.2) is 13.1 Å². The number of nitrogens with one attached hydrogen (secondary N) is 1. The van der Waals surface area contributed by atoms with Crippen molar-refractivity contribution in [2.24, 2.45) is 5.92 Å². The minimum absolute atomic E-state index is 0.229. The molecule has 0 aliphatic carbocycles. The fourth-order valence-corrected chi connectivity index (χ4v) is 2.57. The standard InChI is InChI=1S/C13H15ClF3N/c14-12-4-3-9(7-11(12)13(15,16)17)6-10-2-1-5-18-8-10/h3-4,7,10,18H,1-2,5-6,8H2. The van der Waals surface area contributed by atoms with E-state index in [4.69, 9.17) is 11.6 Å². The highest BCUT2D eigenvalue weighted by atomic mass is 35.5. The van der Waals surface area contributed by atoms with Gasteiger partial charge in [-0.25, -0.2) is 0 Å². The summed E-state index contributed by atoms with van der Waals surface area (Å²) in [4.78, 5) is 0. The Morgan fingerprint density at radius 1 is 1.33 bits per heavy atom. The average molecular weight is 278 g/mol. The third-order valence-corrected chi connectivity index (χ3v) is 3.59. The minimum Gasteiger partial charge on any atom is -0.316 e. The summed E-state index contributed by atoms with van der Waals surface area (Å²) in [5.74, 6) is 0.418. The Bertz CT molecular complexity index is 411. The summed E-state index contributed by atoms with van der Waals surface area (Å²) in [6.07, 6.45) is -1.55. The molecule has 1 aromatic rings. The van der Waals surface area contributed by atoms with E-state index in [-0.39, 0.29) is 5.02 Å². The minimum atomic E-state index is -4.38. The molecule has 1 atom stereocenters. The largest absolute Gasteiger partial charge is 0.417 e. The summed E-state index contributed by atoms with van der Waals surface area (Å²) in [5, 5.41) is 3.03. The van der Waals surface area contributed by atoms with Crippen LogP contribution in [0.5, 0.6) is 0 Å². The molecule has 0 spiro atoms. The lowest BCUT2D eigenvalue weighted by Gasteiger charge is -2.23. The van der Waals surface area contributed by atoms with E-state index in [0.717, 1.165) is 25.9 Å². The second kappa shape index (κ2) is 5.49. The van der Waals surface area contributed by atoms with Crippen LogP contribution in [0.4, 0.5) is 13.2 Å². The molecule has 1 N–H and O–H groups in total. The summed E-state index contributed by atoms with van der Waals surface area (Å²) in [6, 6.07) is 4.21. The van der Waals surface area contributed by atoms with Crippen molar-refractivity contribution >= 4 is 11.6 Å². The number of hydrogen-bond acceptors (Lipinski definition) is 1. The molecular formula is C13H15ClF3N. The van der Waals surface area contributed by atoms with E-state index in [1.807, 2.05) is 0 Å². The van der Waals surface area contributed by atoms with Gasteiger partial charge < -0.3 is 5.32 Å². The molecule has 0 bridgehead atoms. The van der Waals surface area contributed by atoms with E-state index in [1.165, 1.54) is 12.1 Å². The molecule has 5 heteroatoms. The highest BCUT2D eigenvalue weighted by Crippen LogP contribution is 2.35. The fraction of sp³-hybridized carbons (Fsp3) is 0.538. The number of alkyl halides is 3. The molecule has 0 aromatic heterocycles. The zero-order valence-electron chi connectivity index (χ0n) is 9.86. The quantitative estimate of drug-likeness (QED) is 0.864. The van der Waals surface area contributed by atoms with Gasteiger partial charge in [0.1, 0.15) is 0 Å². The van der Waals surface area contributed by atoms with Gasteiger partial charge in [0.2, 0.25) is 0 Å². The normalized spacial score (nSPS) is 21.0. The van der Waals surface area contributed by atoms with Crippen LogP contribution in [-0.2, 0) is 12.6 Å². The van der Waals surface area contributed by atoms with Crippen molar-refractivity contribution in [3.8, 4) is 0 Å². The smallest absolute Gasteiger partial charge is 0.316 e. The molecule has 0 radical (unpaired) electrons. The molecule has 1 aromatic carbocycles. The van der Waals surface area contributed by atoms with Gasteiger partial charge in [-0.05, 0) is 56.0 Å². The zero-order chi connectivity index (χ0) is 13.2. The van der Waals surface area contributed by atoms with Gasteiger partial charge in [-0.2, -0.15) is 13.2 Å². The van der Waals surface area contributed by atoms with Crippen molar-refractivity contribution in [3.05, 3.63) is 34.3 Å². The van der Waals surface area contributed by atoms with Crippen molar-refractivity contribution in [2.45, 2.75) is 25.4 Å². The molecule has 1 aliphatic heterocycles. The predicted molar refractivity (Wildman–Crippen MR) is 65.8 cm³/mol. The van der Waals surface area contributed by atoms with E-state index < -0.39 is 11.7 Å². The van der Waals surface area contributed by atoms with Gasteiger partial charge in [0.15, 0.2) is 0 Å². The number of piperidine rings is 1. The maximum atomic E-state index is 12.7. The average Bonchev–Trinajstić information content (AvgIpc) is 2.31. The molecule has 1 unspecified atom stereocenters. The summed E-state index contributed by atoms with van der Waals surface area (Å²) >= 11 is 5.59. The van der Waals surface area contributed by atoms with Crippen molar-refractivity contribution in [2.75, 3.05) is 13.1 Å². The van der Waals surface area contributed by atoms with E-state index in [2.05, 4.69) is 5.32 Å². The van der Waals surface area contributed by atoms with Gasteiger partial charge in [0, 0.05) is 0 Å². The van der Waals surface area contributed by atoms with Crippen LogP contribution in [0.25, 0.3) is 0 Å². The lowest BCUT2D eigenvalue weighted by molar-refractivity contribution is -0.137. The van der Waals surface area contributed by atoms with Crippen molar-refractivity contribution < 1.29 is 13.2 Å². The van der Waals surface area contributed by atoms with Gasteiger partial charge in [-0.3, -0.25) is 0 Å². The summed E-state index contributed by atoms with van der Waals surface area (Å²) in [5.41, 5.74) is -0.0224. The molecule has 0 amide bonds. The first-order chi connectivity index (χ1) is 8.47. The Morgan fingerprint density at radius 3 is 2.72 bits per heavy atom. The lowest BCUT2D eigenvalue weighted by atomic mass is 9.92. The Morgan fingerprint density at radius 2 is 2.11 bits per heavy atom. The van der Waals surface area contributed by atoms with Gasteiger partial charge in [0.05, 0.1) is 10.6 Å². The van der Waals surface area contributed by atoms with Gasteiger partial charge in [0.25, 0.3) is 0 Å². The molecule has 100 valence electrons. The van der Waals surface area contributed by atoms with Crippen LogP contribution in [0, 0.1) is 5.92 Å². The van der Waals surface area contributed by atoms with Crippen LogP contribution < -0.4 is 5.32 Å². The third-order valence-electron chi connectivity index (χ3n) is 3.26. The molecule has 18 heavy (non-hydrogen) atoms. The molecular weight excluding hydrogens is 263 g/mol. The summed E-state index contributed by atoms with van der Waals surface area (Å²) < 4.78 is 38.1. The maximum Gasteiger partial charge on any atom is 0.417 e. The van der Waals surface area contributed by atoms with E-state index in [9.17, 15) is 13.2 Å². The molecule has 1 nitrogen and oxygen atoms in total. The highest BCUT2D eigenvalue weighted by Gasteiger charge is 2.33. The first-order valence-electron chi connectivity index (χ1n) is 6.03. The van der Waals surface area contributed by atoms with Gasteiger partial charge in [-0.1, -0.05) is 17.7 Å². The number of rotatable bonds is 2. The zero-order valence-corrected chi connectivity index (χ0v) is 10.6. The second-order valence-corrected chi connectivity index (χ2v) is 5.14. The molecule has 1 aliphatic rings. The Hall–Kier alpha value is -0.740. The second-order valence-electron chi connectivity index (χ2n) is 4.73. The Kier molecular flexibility index (Phi) is 4.17. The monoisotopic (exact) mass is 277 g/mol. The summed E-state index contributed by atoms with van der Waals surface area (Å²) in [7, 11) is 0. The van der Waals surface area contributed by atoms with Gasteiger partial charge in [-0.15, -0.1) is 0 Å². The number of benzene rings is 1. The fourth-order valence-electron chi connectivity index (χ4n) is 2.35. The SMILES string of the molecule is FC(F)(F)c1cc(CC2CCCNC2)ccc1Cl. The van der Waals surface area contributed by atoms with E-state index in [0.29, 0.717) is 17.9 Å². The van der Waals surface area contributed by atoms with E-state index in [1.54, 1.807) is 6.07 Å².